The van der Waals surface area contributed by atoms with Crippen LogP contribution in [0.25, 0.3) is 5.82 Å². The van der Waals surface area contributed by atoms with Gasteiger partial charge in [-0.1, -0.05) is 0 Å². The summed E-state index contributed by atoms with van der Waals surface area (Å²) in [4.78, 5) is 11.1. The number of aryl methyl sites for hydroxylation is 1. The van der Waals surface area contributed by atoms with E-state index in [-0.39, 0.29) is 5.82 Å². The number of anilines is 2. The summed E-state index contributed by atoms with van der Waals surface area (Å²) in [6.07, 6.45) is -1.72. The van der Waals surface area contributed by atoms with Crippen LogP contribution in [0.2, 0.25) is 0 Å². The van der Waals surface area contributed by atoms with Crippen LogP contribution in [0, 0.1) is 6.92 Å². The van der Waals surface area contributed by atoms with E-state index in [1.807, 2.05) is 41.1 Å². The number of hydrogen-bond acceptors (Lipinski definition) is 7. The summed E-state index contributed by atoms with van der Waals surface area (Å²) in [6.45, 7) is 4.14. The van der Waals surface area contributed by atoms with Crippen molar-refractivity contribution in [2.45, 2.75) is 13.1 Å². The molecule has 0 amide bonds. The first-order valence-corrected chi connectivity index (χ1v) is 8.66. The zero-order chi connectivity index (χ0) is 19.7. The lowest BCUT2D eigenvalue weighted by Crippen LogP contribution is -2.47. The largest absolute Gasteiger partial charge is 0.433 e. The summed E-state index contributed by atoms with van der Waals surface area (Å²) in [5, 5.41) is 12.7. The Kier molecular flexibility index (Phi) is 4.57. The topological polar surface area (TPSA) is 75.9 Å². The molecule has 0 spiro atoms. The highest BCUT2D eigenvalue weighted by atomic mass is 19.4. The highest BCUT2D eigenvalue weighted by Crippen LogP contribution is 2.29. The van der Waals surface area contributed by atoms with Gasteiger partial charge in [-0.2, -0.15) is 18.3 Å². The number of piperazine rings is 1. The summed E-state index contributed by atoms with van der Waals surface area (Å²) in [7, 11) is 0. The molecule has 8 nitrogen and oxygen atoms in total. The molecule has 11 heteroatoms. The van der Waals surface area contributed by atoms with Crippen molar-refractivity contribution in [2.75, 3.05) is 36.0 Å². The Labute approximate surface area is 158 Å². The van der Waals surface area contributed by atoms with Crippen LogP contribution < -0.4 is 9.80 Å². The molecule has 0 N–H and O–H groups in total. The summed E-state index contributed by atoms with van der Waals surface area (Å²) < 4.78 is 40.2. The van der Waals surface area contributed by atoms with Crippen molar-refractivity contribution >= 4 is 11.6 Å². The molecular formula is C17H17F3N8. The molecule has 3 aromatic heterocycles. The summed E-state index contributed by atoms with van der Waals surface area (Å²) >= 11 is 0. The molecule has 3 aromatic rings. The Bertz CT molecular complexity index is 946. The lowest BCUT2D eigenvalue weighted by Gasteiger charge is -2.35. The molecule has 0 radical (unpaired) electrons. The summed E-state index contributed by atoms with van der Waals surface area (Å²) in [6, 6.07) is 6.56. The maximum absolute atomic E-state index is 12.8. The van der Waals surface area contributed by atoms with E-state index in [9.17, 15) is 13.2 Å². The number of hydrogen-bond donors (Lipinski definition) is 0. The third-order valence-electron chi connectivity index (χ3n) is 4.46. The molecule has 1 saturated heterocycles. The van der Waals surface area contributed by atoms with Gasteiger partial charge in [-0.05, 0) is 25.1 Å². The number of aromatic nitrogens is 6. The van der Waals surface area contributed by atoms with Crippen LogP contribution in [0.3, 0.4) is 0 Å². The first-order valence-electron chi connectivity index (χ1n) is 8.66. The van der Waals surface area contributed by atoms with Crippen LogP contribution in [0.1, 0.15) is 11.4 Å². The van der Waals surface area contributed by atoms with Crippen LogP contribution in [-0.2, 0) is 6.18 Å². The Morgan fingerprint density at radius 2 is 1.50 bits per heavy atom. The first-order chi connectivity index (χ1) is 13.4. The zero-order valence-corrected chi connectivity index (χ0v) is 15.0. The molecule has 146 valence electrons. The average Bonchev–Trinajstić information content (AvgIpc) is 3.14. The van der Waals surface area contributed by atoms with Gasteiger partial charge in [0.1, 0.15) is 17.8 Å². The van der Waals surface area contributed by atoms with Gasteiger partial charge in [-0.15, -0.1) is 10.2 Å². The molecule has 0 unspecified atom stereocenters. The minimum absolute atomic E-state index is 0.275. The molecular weight excluding hydrogens is 373 g/mol. The van der Waals surface area contributed by atoms with Crippen molar-refractivity contribution in [2.24, 2.45) is 0 Å². The third-order valence-corrected chi connectivity index (χ3v) is 4.46. The van der Waals surface area contributed by atoms with E-state index < -0.39 is 11.9 Å². The van der Waals surface area contributed by atoms with E-state index in [4.69, 9.17) is 0 Å². The van der Waals surface area contributed by atoms with E-state index in [0.29, 0.717) is 37.8 Å². The third kappa shape index (κ3) is 3.73. The molecule has 4 rings (SSSR count). The van der Waals surface area contributed by atoms with Crippen LogP contribution in [0.4, 0.5) is 24.8 Å². The van der Waals surface area contributed by atoms with E-state index in [0.717, 1.165) is 18.1 Å². The average molecular weight is 390 g/mol. The SMILES string of the molecule is Cc1ccn(-c2ccc(N3CCN(c4cc(C(F)(F)F)ncn4)CC3)nn2)n1. The second-order valence-corrected chi connectivity index (χ2v) is 6.38. The second-order valence-electron chi connectivity index (χ2n) is 6.38. The highest BCUT2D eigenvalue weighted by molar-refractivity contribution is 5.45. The van der Waals surface area contributed by atoms with Gasteiger partial charge < -0.3 is 9.80 Å². The lowest BCUT2D eigenvalue weighted by molar-refractivity contribution is -0.141. The predicted molar refractivity (Wildman–Crippen MR) is 95.4 cm³/mol. The first kappa shape index (κ1) is 18.1. The standard InChI is InChI=1S/C17H17F3N8/c1-12-4-5-28(25-12)15-3-2-14(23-24-15)26-6-8-27(9-7-26)16-10-13(17(18,19)20)21-11-22-16/h2-5,10-11H,6-9H2,1H3. The molecule has 0 bridgehead atoms. The van der Waals surface area contributed by atoms with Gasteiger partial charge >= 0.3 is 6.18 Å². The van der Waals surface area contributed by atoms with Crippen molar-refractivity contribution in [3.8, 4) is 5.82 Å². The molecule has 1 fully saturated rings. The number of alkyl halides is 3. The summed E-state index contributed by atoms with van der Waals surface area (Å²) in [5.74, 6) is 1.61. The fourth-order valence-electron chi connectivity index (χ4n) is 2.99. The fourth-order valence-corrected chi connectivity index (χ4v) is 2.99. The van der Waals surface area contributed by atoms with Gasteiger partial charge in [0.25, 0.3) is 0 Å². The predicted octanol–water partition coefficient (Wildman–Crippen LogP) is 2.11. The minimum Gasteiger partial charge on any atom is -0.353 e. The van der Waals surface area contributed by atoms with Gasteiger partial charge in [0.2, 0.25) is 0 Å². The normalized spacial score (nSPS) is 15.1. The van der Waals surface area contributed by atoms with E-state index in [2.05, 4.69) is 25.3 Å². The minimum atomic E-state index is -4.48. The molecule has 0 aromatic carbocycles. The second kappa shape index (κ2) is 7.06. The highest BCUT2D eigenvalue weighted by Gasteiger charge is 2.33. The maximum atomic E-state index is 12.8. The van der Waals surface area contributed by atoms with Crippen LogP contribution in [0.5, 0.6) is 0 Å². The lowest BCUT2D eigenvalue weighted by atomic mass is 10.3. The molecule has 0 saturated carbocycles. The van der Waals surface area contributed by atoms with Gasteiger partial charge in [0.05, 0.1) is 5.69 Å². The summed E-state index contributed by atoms with van der Waals surface area (Å²) in [5.41, 5.74) is -0.0457. The molecule has 1 aliphatic heterocycles. The van der Waals surface area contributed by atoms with Crippen LogP contribution in [0.15, 0.2) is 36.8 Å². The Morgan fingerprint density at radius 1 is 0.857 bits per heavy atom. The van der Waals surface area contributed by atoms with Gasteiger partial charge in [-0.3, -0.25) is 0 Å². The molecule has 28 heavy (non-hydrogen) atoms. The fraction of sp³-hybridized carbons (Fsp3) is 0.353. The number of rotatable bonds is 3. The van der Waals surface area contributed by atoms with Crippen molar-refractivity contribution < 1.29 is 13.2 Å². The smallest absolute Gasteiger partial charge is 0.353 e. The van der Waals surface area contributed by atoms with Crippen molar-refractivity contribution in [3.05, 3.63) is 48.2 Å². The van der Waals surface area contributed by atoms with Crippen molar-refractivity contribution in [1.82, 2.24) is 29.9 Å². The van der Waals surface area contributed by atoms with Gasteiger partial charge in [-0.25, -0.2) is 14.6 Å². The number of nitrogens with zero attached hydrogens (tertiary/aromatic N) is 8. The molecule has 1 aliphatic rings. The van der Waals surface area contributed by atoms with Gasteiger partial charge in [0, 0.05) is 38.4 Å². The van der Waals surface area contributed by atoms with Crippen LogP contribution in [-0.4, -0.2) is 56.1 Å². The van der Waals surface area contributed by atoms with E-state index >= 15 is 0 Å². The van der Waals surface area contributed by atoms with Gasteiger partial charge in [0.15, 0.2) is 11.6 Å². The number of halogens is 3. The van der Waals surface area contributed by atoms with Crippen molar-refractivity contribution in [1.29, 1.82) is 0 Å². The zero-order valence-electron chi connectivity index (χ0n) is 15.0. The quantitative estimate of drug-likeness (QED) is 0.678. The van der Waals surface area contributed by atoms with Crippen LogP contribution >= 0.6 is 0 Å². The molecule has 0 atom stereocenters. The molecule has 0 aliphatic carbocycles. The monoisotopic (exact) mass is 390 g/mol. The Hall–Kier alpha value is -3.24. The van der Waals surface area contributed by atoms with E-state index in [1.54, 1.807) is 4.68 Å². The Balaban J connectivity index is 1.42. The molecule has 4 heterocycles. The maximum Gasteiger partial charge on any atom is 0.433 e. The van der Waals surface area contributed by atoms with E-state index in [1.165, 1.54) is 0 Å². The Morgan fingerprint density at radius 3 is 2.07 bits per heavy atom. The van der Waals surface area contributed by atoms with Crippen molar-refractivity contribution in [3.63, 3.8) is 0 Å².